The van der Waals surface area contributed by atoms with Crippen LogP contribution in [0.3, 0.4) is 0 Å². The molecule has 3 aromatic carbocycles. The van der Waals surface area contributed by atoms with Gasteiger partial charge in [-0.1, -0.05) is 46.8 Å². The Kier molecular flexibility index (Phi) is 6.70. The van der Waals surface area contributed by atoms with Crippen LogP contribution >= 0.6 is 0 Å². The van der Waals surface area contributed by atoms with Crippen molar-refractivity contribution in [3.8, 4) is 23.0 Å². The summed E-state index contributed by atoms with van der Waals surface area (Å²) in [5, 5.41) is 0. The molecule has 3 aromatic rings. The summed E-state index contributed by atoms with van der Waals surface area (Å²) >= 11 is 0. The van der Waals surface area contributed by atoms with Gasteiger partial charge in [-0.05, 0) is 54.2 Å². The molecule has 2 aliphatic rings. The molecule has 7 heteroatoms. The molecule has 0 N–H and O–H groups in total. The van der Waals surface area contributed by atoms with Crippen LogP contribution in [0.15, 0.2) is 54.6 Å². The summed E-state index contributed by atoms with van der Waals surface area (Å²) in [6.07, 6.45) is 1.91. The molecule has 5 rings (SSSR count). The fourth-order valence-corrected chi connectivity index (χ4v) is 5.06. The molecule has 2 aliphatic heterocycles. The summed E-state index contributed by atoms with van der Waals surface area (Å²) in [6, 6.07) is 16.0. The molecule has 1 spiro atoms. The Hall–Kier alpha value is -4.13. The lowest BCUT2D eigenvalue weighted by Gasteiger charge is -2.36. The van der Waals surface area contributed by atoms with Crippen LogP contribution in [-0.4, -0.2) is 17.9 Å². The number of benzene rings is 3. The van der Waals surface area contributed by atoms with Gasteiger partial charge in [-0.15, -0.1) is 0 Å². The fraction of sp³-hybridized carbons (Fsp3) is 0.344. The number of hydrogen-bond donors (Lipinski definition) is 0. The maximum Gasteiger partial charge on any atom is 0.340 e. The summed E-state index contributed by atoms with van der Waals surface area (Å²) < 4.78 is 23.6. The van der Waals surface area contributed by atoms with Crippen molar-refractivity contribution < 1.29 is 33.3 Å². The van der Waals surface area contributed by atoms with Crippen molar-refractivity contribution >= 4 is 17.9 Å². The van der Waals surface area contributed by atoms with Crippen LogP contribution in [0, 0.1) is 0 Å². The first-order valence-electron chi connectivity index (χ1n) is 13.3. The normalized spacial score (nSPS) is 14.5. The SMILES string of the molecule is CCCC(=O)Oc1ccc2c(c1)Oc1cc(OC(=O)CCC)ccc1C21OC(=O)c2cc(C(C)(C)C)ccc21. The van der Waals surface area contributed by atoms with Crippen molar-refractivity contribution in [2.24, 2.45) is 0 Å². The van der Waals surface area contributed by atoms with Crippen LogP contribution in [0.4, 0.5) is 0 Å². The van der Waals surface area contributed by atoms with Gasteiger partial charge in [0.15, 0.2) is 5.60 Å². The van der Waals surface area contributed by atoms with Crippen LogP contribution in [0.5, 0.6) is 23.0 Å². The monoisotopic (exact) mass is 528 g/mol. The van der Waals surface area contributed by atoms with Crippen LogP contribution in [0.1, 0.15) is 92.9 Å². The Morgan fingerprint density at radius 3 is 1.77 bits per heavy atom. The largest absolute Gasteiger partial charge is 0.456 e. The highest BCUT2D eigenvalue weighted by Gasteiger charge is 2.54. The zero-order chi connectivity index (χ0) is 27.9. The smallest absolute Gasteiger partial charge is 0.340 e. The second-order valence-corrected chi connectivity index (χ2v) is 10.9. The van der Waals surface area contributed by atoms with E-state index in [1.165, 1.54) is 0 Å². The minimum Gasteiger partial charge on any atom is -0.456 e. The highest BCUT2D eigenvalue weighted by atomic mass is 16.6. The van der Waals surface area contributed by atoms with E-state index in [0.717, 1.165) is 5.56 Å². The van der Waals surface area contributed by atoms with Crippen LogP contribution in [0.25, 0.3) is 0 Å². The molecular weight excluding hydrogens is 496 g/mol. The third-order valence-corrected chi connectivity index (χ3v) is 6.99. The number of hydrogen-bond acceptors (Lipinski definition) is 7. The van der Waals surface area contributed by atoms with Crippen molar-refractivity contribution in [3.05, 3.63) is 82.4 Å². The number of carbonyl (C=O) groups excluding carboxylic acids is 3. The van der Waals surface area contributed by atoms with Gasteiger partial charge in [0, 0.05) is 41.7 Å². The minimum atomic E-state index is -1.29. The molecule has 39 heavy (non-hydrogen) atoms. The molecular formula is C32H32O7. The topological polar surface area (TPSA) is 88.1 Å². The van der Waals surface area contributed by atoms with Gasteiger partial charge >= 0.3 is 17.9 Å². The van der Waals surface area contributed by atoms with E-state index in [1.54, 1.807) is 36.4 Å². The van der Waals surface area contributed by atoms with Crippen LogP contribution in [-0.2, 0) is 25.3 Å². The van der Waals surface area contributed by atoms with Crippen molar-refractivity contribution in [1.29, 1.82) is 0 Å². The predicted molar refractivity (Wildman–Crippen MR) is 144 cm³/mol. The van der Waals surface area contributed by atoms with Crippen LogP contribution in [0.2, 0.25) is 0 Å². The average molecular weight is 529 g/mol. The van der Waals surface area contributed by atoms with Gasteiger partial charge in [-0.25, -0.2) is 4.79 Å². The van der Waals surface area contributed by atoms with E-state index in [-0.39, 0.29) is 30.2 Å². The average Bonchev–Trinajstić information content (AvgIpc) is 3.16. The fourth-order valence-electron chi connectivity index (χ4n) is 5.06. The van der Waals surface area contributed by atoms with Gasteiger partial charge < -0.3 is 18.9 Å². The van der Waals surface area contributed by atoms with E-state index in [4.69, 9.17) is 18.9 Å². The number of fused-ring (bicyclic) bond motifs is 6. The van der Waals surface area contributed by atoms with Crippen molar-refractivity contribution in [2.75, 3.05) is 0 Å². The molecule has 0 bridgehead atoms. The second-order valence-electron chi connectivity index (χ2n) is 10.9. The van der Waals surface area contributed by atoms with Gasteiger partial charge in [0.25, 0.3) is 0 Å². The third kappa shape index (κ3) is 4.67. The Morgan fingerprint density at radius 2 is 1.28 bits per heavy atom. The van der Waals surface area contributed by atoms with Crippen molar-refractivity contribution in [2.45, 2.75) is 71.3 Å². The Morgan fingerprint density at radius 1 is 0.769 bits per heavy atom. The summed E-state index contributed by atoms with van der Waals surface area (Å²) in [5.41, 5.74) is 1.96. The third-order valence-electron chi connectivity index (χ3n) is 6.99. The zero-order valence-electron chi connectivity index (χ0n) is 22.9. The van der Waals surface area contributed by atoms with Gasteiger partial charge in [-0.3, -0.25) is 9.59 Å². The summed E-state index contributed by atoms with van der Waals surface area (Å²) in [6.45, 7) is 10.1. The first kappa shape index (κ1) is 26.5. The van der Waals surface area contributed by atoms with Crippen LogP contribution < -0.4 is 14.2 Å². The molecule has 0 radical (unpaired) electrons. The molecule has 0 fully saturated rings. The molecule has 202 valence electrons. The minimum absolute atomic E-state index is 0.162. The quantitative estimate of drug-likeness (QED) is 0.252. The number of ether oxygens (including phenoxy) is 4. The molecule has 0 aliphatic carbocycles. The molecule has 0 saturated carbocycles. The number of rotatable bonds is 6. The summed E-state index contributed by atoms with van der Waals surface area (Å²) in [5.74, 6) is 0.269. The highest BCUT2D eigenvalue weighted by molar-refractivity contribution is 5.97. The lowest BCUT2D eigenvalue weighted by molar-refractivity contribution is -0.135. The summed E-state index contributed by atoms with van der Waals surface area (Å²) in [7, 11) is 0. The molecule has 7 nitrogen and oxygen atoms in total. The highest BCUT2D eigenvalue weighted by Crippen LogP contribution is 2.57. The lowest BCUT2D eigenvalue weighted by atomic mass is 9.76. The number of esters is 3. The van der Waals surface area contributed by atoms with Crippen molar-refractivity contribution in [1.82, 2.24) is 0 Å². The van der Waals surface area contributed by atoms with E-state index in [1.807, 2.05) is 32.0 Å². The Bertz CT molecular complexity index is 1410. The van der Waals surface area contributed by atoms with E-state index in [9.17, 15) is 14.4 Å². The first-order chi connectivity index (χ1) is 18.6. The molecule has 0 aromatic heterocycles. The van der Waals surface area contributed by atoms with Gasteiger partial charge in [-0.2, -0.15) is 0 Å². The molecule has 0 saturated heterocycles. The van der Waals surface area contributed by atoms with Gasteiger partial charge in [0.1, 0.15) is 23.0 Å². The van der Waals surface area contributed by atoms with Crippen molar-refractivity contribution in [3.63, 3.8) is 0 Å². The zero-order valence-corrected chi connectivity index (χ0v) is 22.9. The van der Waals surface area contributed by atoms with E-state index >= 15 is 0 Å². The maximum absolute atomic E-state index is 13.4. The first-order valence-corrected chi connectivity index (χ1v) is 13.3. The number of carbonyl (C=O) groups is 3. The molecule has 2 heterocycles. The van der Waals surface area contributed by atoms with E-state index in [0.29, 0.717) is 58.1 Å². The maximum atomic E-state index is 13.4. The van der Waals surface area contributed by atoms with E-state index < -0.39 is 11.6 Å². The Balaban J connectivity index is 1.68. The van der Waals surface area contributed by atoms with E-state index in [2.05, 4.69) is 20.8 Å². The van der Waals surface area contributed by atoms with Gasteiger partial charge in [0.05, 0.1) is 5.56 Å². The lowest BCUT2D eigenvalue weighted by Crippen LogP contribution is -2.33. The molecule has 0 unspecified atom stereocenters. The predicted octanol–water partition coefficient (Wildman–Crippen LogP) is 6.96. The van der Waals surface area contributed by atoms with Gasteiger partial charge in [0.2, 0.25) is 0 Å². The Labute approximate surface area is 228 Å². The molecule has 0 atom stereocenters. The summed E-state index contributed by atoms with van der Waals surface area (Å²) in [4.78, 5) is 37.7. The molecule has 0 amide bonds. The second kappa shape index (κ2) is 9.88. The standard InChI is InChI=1S/C32H32O7/c1-6-8-28(33)36-20-11-14-24-26(17-20)38-27-18-21(37-29(34)9-7-2)12-15-25(27)32(24)23-13-10-19(31(3,4)5)16-22(23)30(35)39-32/h10-18H,6-9H2,1-5H3.